The van der Waals surface area contributed by atoms with Crippen molar-refractivity contribution in [3.8, 4) is 0 Å². The van der Waals surface area contributed by atoms with Gasteiger partial charge in [-0.25, -0.2) is 0 Å². The van der Waals surface area contributed by atoms with E-state index in [0.29, 0.717) is 12.8 Å². The van der Waals surface area contributed by atoms with Gasteiger partial charge in [0.2, 0.25) is 0 Å². The summed E-state index contributed by atoms with van der Waals surface area (Å²) in [5.74, 6) is -0.977. The molecule has 2 aliphatic rings. The Morgan fingerprint density at radius 1 is 0.419 bits per heavy atom. The quantitative estimate of drug-likeness (QED) is 0.0171. The number of esters is 2. The summed E-state index contributed by atoms with van der Waals surface area (Å²) in [4.78, 5) is 25.9. The lowest BCUT2D eigenvalue weighted by Gasteiger charge is -2.42. The number of unbranched alkanes of at least 4 members (excludes halogenated alkanes) is 30. The monoisotopic (exact) mass is 1060 g/mol. The van der Waals surface area contributed by atoms with Gasteiger partial charge in [-0.15, -0.1) is 0 Å². The standard InChI is InChI=1S/C59H108O15/c1-3-5-7-9-11-13-15-17-19-20-21-22-23-24-25-26-28-29-31-33-35-37-39-41-50(61)69-44-47(72-51(62)42-40-38-36-34-32-30-27-18-16-14-12-10-8-6-4-2)45-70-58-57(68)55(66)53(64)49(74-58)46-71-59-56(67)54(65)52(63)48(43-60)73-59/h32-35,47-49,52-60,63-68H,3-31,36-46H2,1-2H3/b34-32+,35-33+/t47-,48+,49+,52-,53-,54?,55?,56?,57?,58+,59+/m0/s1. The molecule has 0 amide bonds. The van der Waals surface area contributed by atoms with E-state index in [0.717, 1.165) is 38.5 Å². The van der Waals surface area contributed by atoms with Crippen LogP contribution in [0.3, 0.4) is 0 Å². The summed E-state index contributed by atoms with van der Waals surface area (Å²) in [5, 5.41) is 72.3. The molecule has 2 saturated heterocycles. The SMILES string of the molecule is CCCCCCCCCCC/C=C/CCCCC(=O)O[C@@H](COC(=O)CCC/C=C/CCCCCCCCCCCCCCCCCCCC)CO[C@@H]1O[C@H](CO[C@@H]2O[C@H](CO)[C@H](O)C(O)C2O)[C@H](O)C(O)C1O. The van der Waals surface area contributed by atoms with Crippen molar-refractivity contribution in [1.82, 2.24) is 0 Å². The van der Waals surface area contributed by atoms with Crippen LogP contribution in [0.25, 0.3) is 0 Å². The first kappa shape index (κ1) is 68.1. The average molecular weight is 1060 g/mol. The number of hydrogen-bond donors (Lipinski definition) is 7. The highest BCUT2D eigenvalue weighted by atomic mass is 16.7. The van der Waals surface area contributed by atoms with Crippen molar-refractivity contribution in [3.63, 3.8) is 0 Å². The summed E-state index contributed by atoms with van der Waals surface area (Å²) in [6.45, 7) is 2.59. The van der Waals surface area contributed by atoms with Gasteiger partial charge < -0.3 is 64.2 Å². The van der Waals surface area contributed by atoms with Crippen LogP contribution >= 0.6 is 0 Å². The fourth-order valence-electron chi connectivity index (χ4n) is 9.51. The predicted octanol–water partition coefficient (Wildman–Crippen LogP) is 10.3. The molecule has 15 heteroatoms. The fraction of sp³-hybridized carbons (Fsp3) is 0.898. The highest BCUT2D eigenvalue weighted by Crippen LogP contribution is 2.27. The fourth-order valence-corrected chi connectivity index (χ4v) is 9.51. The zero-order valence-electron chi connectivity index (χ0n) is 46.3. The van der Waals surface area contributed by atoms with E-state index in [4.69, 9.17) is 28.4 Å². The second-order valence-corrected chi connectivity index (χ2v) is 21.2. The Hall–Kier alpha value is -2.02. The maximum Gasteiger partial charge on any atom is 0.306 e. The van der Waals surface area contributed by atoms with Gasteiger partial charge in [0.25, 0.3) is 0 Å². The van der Waals surface area contributed by atoms with Gasteiger partial charge in [0, 0.05) is 12.8 Å². The van der Waals surface area contributed by atoms with Gasteiger partial charge in [0.15, 0.2) is 18.7 Å². The molecule has 0 aromatic carbocycles. The minimum atomic E-state index is -1.77. The number of aliphatic hydroxyl groups is 7. The second-order valence-electron chi connectivity index (χ2n) is 21.2. The first-order valence-corrected chi connectivity index (χ1v) is 29.9. The molecule has 0 aromatic rings. The molecule has 2 aliphatic heterocycles. The summed E-state index contributed by atoms with van der Waals surface area (Å²) in [7, 11) is 0. The van der Waals surface area contributed by atoms with Crippen LogP contribution in [0, 0.1) is 0 Å². The van der Waals surface area contributed by atoms with E-state index in [9.17, 15) is 45.3 Å². The molecule has 0 radical (unpaired) electrons. The first-order valence-electron chi connectivity index (χ1n) is 29.9. The predicted molar refractivity (Wildman–Crippen MR) is 289 cm³/mol. The third-order valence-electron chi connectivity index (χ3n) is 14.4. The van der Waals surface area contributed by atoms with Crippen LogP contribution in [0.5, 0.6) is 0 Å². The molecule has 0 aliphatic carbocycles. The summed E-state index contributed by atoms with van der Waals surface area (Å²) >= 11 is 0. The van der Waals surface area contributed by atoms with Crippen molar-refractivity contribution in [3.05, 3.63) is 24.3 Å². The van der Waals surface area contributed by atoms with Crippen LogP contribution in [-0.2, 0) is 38.0 Å². The van der Waals surface area contributed by atoms with E-state index in [-0.39, 0.29) is 19.4 Å². The van der Waals surface area contributed by atoms with E-state index in [2.05, 4.69) is 38.2 Å². The molecule has 0 saturated carbocycles. The zero-order chi connectivity index (χ0) is 53.9. The maximum absolute atomic E-state index is 13.0. The van der Waals surface area contributed by atoms with Crippen LogP contribution in [0.2, 0.25) is 0 Å². The smallest absolute Gasteiger partial charge is 0.306 e. The van der Waals surface area contributed by atoms with Gasteiger partial charge in [-0.05, 0) is 57.8 Å². The molecule has 2 rings (SSSR count). The summed E-state index contributed by atoms with van der Waals surface area (Å²) in [6.07, 6.45) is 33.7. The van der Waals surface area contributed by atoms with E-state index in [1.54, 1.807) is 0 Å². The van der Waals surface area contributed by atoms with Crippen molar-refractivity contribution in [2.24, 2.45) is 0 Å². The molecule has 7 N–H and O–H groups in total. The number of hydrogen-bond acceptors (Lipinski definition) is 15. The zero-order valence-corrected chi connectivity index (χ0v) is 46.3. The maximum atomic E-state index is 13.0. The van der Waals surface area contributed by atoms with E-state index in [1.807, 2.05) is 0 Å². The Balaban J connectivity index is 1.73. The van der Waals surface area contributed by atoms with Crippen LogP contribution < -0.4 is 0 Å². The lowest BCUT2D eigenvalue weighted by atomic mass is 9.98. The molecular weight excluding hydrogens is 949 g/mol. The van der Waals surface area contributed by atoms with E-state index < -0.39 is 99.3 Å². The van der Waals surface area contributed by atoms with Gasteiger partial charge in [0.1, 0.15) is 55.4 Å². The third kappa shape index (κ3) is 32.7. The topological polar surface area (TPSA) is 231 Å². The van der Waals surface area contributed by atoms with Gasteiger partial charge in [-0.1, -0.05) is 199 Å². The van der Waals surface area contributed by atoms with Crippen LogP contribution in [0.15, 0.2) is 24.3 Å². The molecule has 74 heavy (non-hydrogen) atoms. The molecule has 0 spiro atoms. The number of rotatable bonds is 48. The largest absolute Gasteiger partial charge is 0.462 e. The molecule has 0 bridgehead atoms. The summed E-state index contributed by atoms with van der Waals surface area (Å²) in [5.41, 5.74) is 0. The minimum absolute atomic E-state index is 0.132. The normalized spacial score (nSPS) is 24.8. The average Bonchev–Trinajstić information content (AvgIpc) is 3.39. The van der Waals surface area contributed by atoms with E-state index >= 15 is 0 Å². The Morgan fingerprint density at radius 2 is 0.784 bits per heavy atom. The lowest BCUT2D eigenvalue weighted by molar-refractivity contribution is -0.332. The van der Waals surface area contributed by atoms with Gasteiger partial charge in [0.05, 0.1) is 19.8 Å². The molecule has 0 aromatic heterocycles. The number of carbonyl (C=O) groups excluding carboxylic acids is 2. The molecule has 2 heterocycles. The van der Waals surface area contributed by atoms with Crippen molar-refractivity contribution in [2.75, 3.05) is 26.4 Å². The Labute approximate surface area is 447 Å². The van der Waals surface area contributed by atoms with Crippen molar-refractivity contribution >= 4 is 11.9 Å². The first-order chi connectivity index (χ1) is 36.0. The van der Waals surface area contributed by atoms with Crippen molar-refractivity contribution in [2.45, 2.75) is 313 Å². The Morgan fingerprint density at radius 3 is 1.23 bits per heavy atom. The number of carbonyl (C=O) groups is 2. The highest BCUT2D eigenvalue weighted by molar-refractivity contribution is 5.70. The molecule has 15 nitrogen and oxygen atoms in total. The van der Waals surface area contributed by atoms with Crippen LogP contribution in [-0.4, -0.2) is 142 Å². The molecule has 434 valence electrons. The second kappa shape index (κ2) is 45.9. The van der Waals surface area contributed by atoms with E-state index in [1.165, 1.54) is 167 Å². The van der Waals surface area contributed by atoms with Gasteiger partial charge in [-0.3, -0.25) is 9.59 Å². The molecule has 11 atom stereocenters. The Kier molecular flexibility index (Phi) is 42.3. The molecule has 2 fully saturated rings. The van der Waals surface area contributed by atoms with Gasteiger partial charge in [-0.2, -0.15) is 0 Å². The summed E-state index contributed by atoms with van der Waals surface area (Å²) in [6, 6.07) is 0. The number of allylic oxidation sites excluding steroid dienone is 4. The van der Waals surface area contributed by atoms with Gasteiger partial charge >= 0.3 is 11.9 Å². The number of aliphatic hydroxyl groups excluding tert-OH is 7. The minimum Gasteiger partial charge on any atom is -0.462 e. The third-order valence-corrected chi connectivity index (χ3v) is 14.4. The lowest BCUT2D eigenvalue weighted by Crippen LogP contribution is -2.61. The molecule has 4 unspecified atom stereocenters. The van der Waals surface area contributed by atoms with Crippen molar-refractivity contribution in [1.29, 1.82) is 0 Å². The van der Waals surface area contributed by atoms with Crippen molar-refractivity contribution < 1.29 is 73.8 Å². The Bertz CT molecular complexity index is 1380. The summed E-state index contributed by atoms with van der Waals surface area (Å²) < 4.78 is 33.6. The molecular formula is C59H108O15. The highest BCUT2D eigenvalue weighted by Gasteiger charge is 2.47. The van der Waals surface area contributed by atoms with Crippen LogP contribution in [0.4, 0.5) is 0 Å². The number of ether oxygens (including phenoxy) is 6. The van der Waals surface area contributed by atoms with Crippen LogP contribution in [0.1, 0.15) is 245 Å².